The maximum absolute atomic E-state index is 5.22. The summed E-state index contributed by atoms with van der Waals surface area (Å²) in [6.45, 7) is 4.13. The number of hydrogen-bond acceptors (Lipinski definition) is 4. The molecule has 1 aliphatic heterocycles. The summed E-state index contributed by atoms with van der Waals surface area (Å²) < 4.78 is 5.22. The molecule has 0 N–H and O–H groups in total. The lowest BCUT2D eigenvalue weighted by Gasteiger charge is -2.25. The first-order valence-electron chi connectivity index (χ1n) is 5.34. The van der Waals surface area contributed by atoms with Crippen LogP contribution in [0.15, 0.2) is 18.6 Å². The predicted octanol–water partition coefficient (Wildman–Crippen LogP) is 1.34. The molecular weight excluding hydrogens is 190 g/mol. The highest BCUT2D eigenvalue weighted by Gasteiger charge is 2.31. The van der Waals surface area contributed by atoms with Gasteiger partial charge in [0.15, 0.2) is 0 Å². The second-order valence-electron chi connectivity index (χ2n) is 4.01. The molecule has 82 valence electrons. The molecule has 0 aliphatic carbocycles. The lowest BCUT2D eigenvalue weighted by molar-refractivity contribution is 0.150. The normalized spacial score (nSPS) is 25.9. The van der Waals surface area contributed by atoms with Crippen LogP contribution in [0, 0.1) is 5.92 Å². The largest absolute Gasteiger partial charge is 0.384 e. The fourth-order valence-corrected chi connectivity index (χ4v) is 2.22. The molecule has 0 bridgehead atoms. The summed E-state index contributed by atoms with van der Waals surface area (Å²) >= 11 is 0. The fourth-order valence-electron chi connectivity index (χ4n) is 2.22. The average molecular weight is 207 g/mol. The summed E-state index contributed by atoms with van der Waals surface area (Å²) in [5.41, 5.74) is 0. The van der Waals surface area contributed by atoms with Crippen LogP contribution in [-0.4, -0.2) is 36.3 Å². The van der Waals surface area contributed by atoms with E-state index in [9.17, 15) is 0 Å². The molecule has 15 heavy (non-hydrogen) atoms. The van der Waals surface area contributed by atoms with Crippen molar-refractivity contribution in [2.24, 2.45) is 5.92 Å². The minimum Gasteiger partial charge on any atom is -0.384 e. The summed E-state index contributed by atoms with van der Waals surface area (Å²) in [5, 5.41) is 0. The molecular formula is C11H17N3O. The van der Waals surface area contributed by atoms with Crippen molar-refractivity contribution in [1.29, 1.82) is 0 Å². The Kier molecular flexibility index (Phi) is 3.16. The van der Waals surface area contributed by atoms with Crippen molar-refractivity contribution < 1.29 is 4.74 Å². The van der Waals surface area contributed by atoms with Gasteiger partial charge in [-0.05, 0) is 19.4 Å². The minimum atomic E-state index is 0.500. The molecule has 1 aliphatic rings. The minimum absolute atomic E-state index is 0.500. The van der Waals surface area contributed by atoms with Gasteiger partial charge in [0.05, 0.1) is 6.61 Å². The summed E-state index contributed by atoms with van der Waals surface area (Å²) in [6, 6.07) is 2.46. The Morgan fingerprint density at radius 2 is 2.47 bits per heavy atom. The van der Waals surface area contributed by atoms with E-state index in [1.807, 2.05) is 6.07 Å². The van der Waals surface area contributed by atoms with Crippen molar-refractivity contribution in [3.05, 3.63) is 18.6 Å². The number of methoxy groups -OCH3 is 1. The van der Waals surface area contributed by atoms with Gasteiger partial charge >= 0.3 is 0 Å². The van der Waals surface area contributed by atoms with Gasteiger partial charge in [0.1, 0.15) is 12.1 Å². The molecule has 4 nitrogen and oxygen atoms in total. The van der Waals surface area contributed by atoms with Gasteiger partial charge < -0.3 is 9.64 Å². The van der Waals surface area contributed by atoms with Gasteiger partial charge in [-0.3, -0.25) is 0 Å². The first-order chi connectivity index (χ1) is 7.33. The molecule has 1 saturated heterocycles. The highest BCUT2D eigenvalue weighted by Crippen LogP contribution is 2.27. The van der Waals surface area contributed by atoms with Crippen molar-refractivity contribution in [3.63, 3.8) is 0 Å². The van der Waals surface area contributed by atoms with E-state index < -0.39 is 0 Å². The highest BCUT2D eigenvalue weighted by atomic mass is 16.5. The van der Waals surface area contributed by atoms with Gasteiger partial charge in [0, 0.05) is 31.8 Å². The molecule has 2 heterocycles. The molecule has 0 aromatic carbocycles. The smallest absolute Gasteiger partial charge is 0.132 e. The zero-order valence-electron chi connectivity index (χ0n) is 9.26. The van der Waals surface area contributed by atoms with Gasteiger partial charge in [-0.15, -0.1) is 0 Å². The maximum Gasteiger partial charge on any atom is 0.132 e. The molecule has 1 aromatic rings. The van der Waals surface area contributed by atoms with Crippen molar-refractivity contribution in [1.82, 2.24) is 9.97 Å². The Hall–Kier alpha value is -1.16. The number of nitrogens with zero attached hydrogens (tertiary/aromatic N) is 3. The van der Waals surface area contributed by atoms with Crippen LogP contribution in [0.2, 0.25) is 0 Å². The predicted molar refractivity (Wildman–Crippen MR) is 58.8 cm³/mol. The van der Waals surface area contributed by atoms with E-state index in [0.29, 0.717) is 12.0 Å². The fraction of sp³-hybridized carbons (Fsp3) is 0.636. The van der Waals surface area contributed by atoms with E-state index in [4.69, 9.17) is 4.74 Å². The van der Waals surface area contributed by atoms with Crippen LogP contribution in [0.3, 0.4) is 0 Å². The van der Waals surface area contributed by atoms with E-state index >= 15 is 0 Å². The zero-order valence-corrected chi connectivity index (χ0v) is 9.26. The highest BCUT2D eigenvalue weighted by molar-refractivity contribution is 5.39. The van der Waals surface area contributed by atoms with E-state index in [2.05, 4.69) is 21.8 Å². The summed E-state index contributed by atoms with van der Waals surface area (Å²) in [4.78, 5) is 10.5. The van der Waals surface area contributed by atoms with E-state index in [-0.39, 0.29) is 0 Å². The SMILES string of the molecule is COCC1CCN(c2ccncn2)C1C. The molecule has 2 rings (SSSR count). The third kappa shape index (κ3) is 2.09. The summed E-state index contributed by atoms with van der Waals surface area (Å²) in [5.74, 6) is 1.64. The molecule has 2 unspecified atom stereocenters. The van der Waals surface area contributed by atoms with Crippen molar-refractivity contribution in [2.75, 3.05) is 25.2 Å². The van der Waals surface area contributed by atoms with Crippen molar-refractivity contribution >= 4 is 5.82 Å². The third-order valence-electron chi connectivity index (χ3n) is 3.16. The van der Waals surface area contributed by atoms with Crippen LogP contribution in [0.4, 0.5) is 5.82 Å². The monoisotopic (exact) mass is 207 g/mol. The molecule has 0 radical (unpaired) electrons. The number of ether oxygens (including phenoxy) is 1. The molecule has 4 heteroatoms. The quantitative estimate of drug-likeness (QED) is 0.749. The molecule has 2 atom stereocenters. The Morgan fingerprint density at radius 3 is 3.13 bits per heavy atom. The molecule has 1 fully saturated rings. The number of hydrogen-bond donors (Lipinski definition) is 0. The Balaban J connectivity index is 2.07. The van der Waals surface area contributed by atoms with E-state index in [0.717, 1.165) is 19.0 Å². The number of aromatic nitrogens is 2. The van der Waals surface area contributed by atoms with Crippen LogP contribution in [0.1, 0.15) is 13.3 Å². The lowest BCUT2D eigenvalue weighted by atomic mass is 10.0. The van der Waals surface area contributed by atoms with Gasteiger partial charge in [0.25, 0.3) is 0 Å². The number of anilines is 1. The Morgan fingerprint density at radius 1 is 1.60 bits per heavy atom. The standard InChI is InChI=1S/C11H17N3O/c1-9-10(7-15-2)4-6-14(9)11-3-5-12-8-13-11/h3,5,8-10H,4,6-7H2,1-2H3. The van der Waals surface area contributed by atoms with Crippen LogP contribution < -0.4 is 4.90 Å². The summed E-state index contributed by atoms with van der Waals surface area (Å²) in [6.07, 6.45) is 4.57. The lowest BCUT2D eigenvalue weighted by Crippen LogP contribution is -2.31. The van der Waals surface area contributed by atoms with Crippen LogP contribution >= 0.6 is 0 Å². The average Bonchev–Trinajstić information content (AvgIpc) is 2.63. The van der Waals surface area contributed by atoms with Gasteiger partial charge in [-0.2, -0.15) is 0 Å². The first-order valence-corrected chi connectivity index (χ1v) is 5.34. The molecule has 0 saturated carbocycles. The number of rotatable bonds is 3. The Labute approximate surface area is 90.3 Å². The molecule has 1 aromatic heterocycles. The van der Waals surface area contributed by atoms with Gasteiger partial charge in [-0.25, -0.2) is 9.97 Å². The second-order valence-corrected chi connectivity index (χ2v) is 4.01. The van der Waals surface area contributed by atoms with Crippen LogP contribution in [0.5, 0.6) is 0 Å². The van der Waals surface area contributed by atoms with Crippen molar-refractivity contribution in [2.45, 2.75) is 19.4 Å². The third-order valence-corrected chi connectivity index (χ3v) is 3.16. The van der Waals surface area contributed by atoms with E-state index in [1.165, 1.54) is 6.42 Å². The maximum atomic E-state index is 5.22. The summed E-state index contributed by atoms with van der Waals surface area (Å²) in [7, 11) is 1.76. The van der Waals surface area contributed by atoms with Gasteiger partial charge in [-0.1, -0.05) is 0 Å². The second kappa shape index (κ2) is 4.57. The molecule has 0 spiro atoms. The first kappa shape index (κ1) is 10.4. The van der Waals surface area contributed by atoms with Crippen LogP contribution in [-0.2, 0) is 4.74 Å². The van der Waals surface area contributed by atoms with E-state index in [1.54, 1.807) is 19.6 Å². The Bertz CT molecular complexity index is 304. The van der Waals surface area contributed by atoms with Crippen molar-refractivity contribution in [3.8, 4) is 0 Å². The molecule has 0 amide bonds. The zero-order chi connectivity index (χ0) is 10.7. The topological polar surface area (TPSA) is 38.2 Å². The van der Waals surface area contributed by atoms with Crippen LogP contribution in [0.25, 0.3) is 0 Å². The van der Waals surface area contributed by atoms with Gasteiger partial charge in [0.2, 0.25) is 0 Å².